The summed E-state index contributed by atoms with van der Waals surface area (Å²) in [4.78, 5) is 35.3. The summed E-state index contributed by atoms with van der Waals surface area (Å²) >= 11 is 0. The molecule has 33 nitrogen and oxygen atoms in total. The number of hydrogen-bond acceptors (Lipinski definition) is 33. The number of esters is 3. The average Bonchev–Trinajstić information content (AvgIpc) is 0.805. The second-order valence-corrected chi connectivity index (χ2v) is 34.4. The predicted molar refractivity (Wildman–Crippen MR) is 393 cm³/mol. The van der Waals surface area contributed by atoms with E-state index in [4.69, 9.17) is 41.4 Å². The maximum atomic E-state index is 12.6. The molecule has 0 aromatic carbocycles. The van der Waals surface area contributed by atoms with Gasteiger partial charge < -0.3 is 120 Å². The van der Waals surface area contributed by atoms with Crippen molar-refractivity contribution in [2.75, 3.05) is 59.6 Å². The lowest BCUT2D eigenvalue weighted by atomic mass is 9.85. The zero-order valence-corrected chi connectivity index (χ0v) is 66.6. The standard InChI is InChI=1S/C29H57O11P.C26H51O11P.C16H29O11P/c1-3-4-5-6-7-8-9-10-11-12-13-14-15-16-17-18-19-23(31)38-20-22(30)21-39-41(2,37)40-29-27(35)25(33)24(32)26(34)28(29)36;1-3-4-5-6-7-8-9-10-11-12-13-14-15-16-20(28)35-17-19(27)18-36-38(2,34)37-26-24(32)22(30)21(29)23(31)25(26)33;1-3-4-5-6-10(18)25-7-9(17)8-26-28(2,24)27-16-14(22)12(20)11(19)13(21)15(16)23/h22,24-30,32-36H,3-21H2,1-2H3;19,21-27,29-33H,3-18H2,1-2H3;4-5,9,11-17,19-23H,3,6-8H2,1-2H3/b;;5-4-. The van der Waals surface area contributed by atoms with Gasteiger partial charge in [0, 0.05) is 32.8 Å². The molecule has 107 heavy (non-hydrogen) atoms. The Kier molecular flexibility index (Phi) is 55.6. The summed E-state index contributed by atoms with van der Waals surface area (Å²) in [6.07, 6.45) is 3.78. The summed E-state index contributed by atoms with van der Waals surface area (Å²) in [5.74, 6) is -1.45. The number of hydrogen-bond donors (Lipinski definition) is 18. The highest BCUT2D eigenvalue weighted by atomic mass is 31.2. The number of ether oxygens (including phenoxy) is 3. The quantitative estimate of drug-likeness (QED) is 0.0133. The number of aliphatic hydroxyl groups excluding tert-OH is 18. The van der Waals surface area contributed by atoms with Crippen LogP contribution in [0.2, 0.25) is 0 Å². The summed E-state index contributed by atoms with van der Waals surface area (Å²) in [5, 5.41) is 176. The summed E-state index contributed by atoms with van der Waals surface area (Å²) < 4.78 is 82.6. The molecule has 3 aliphatic carbocycles. The molecule has 18 N–H and O–H groups in total. The molecule has 3 rings (SSSR count). The molecule has 0 radical (unpaired) electrons. The van der Waals surface area contributed by atoms with Crippen molar-refractivity contribution >= 4 is 40.7 Å². The zero-order valence-electron chi connectivity index (χ0n) is 63.9. The van der Waals surface area contributed by atoms with Gasteiger partial charge in [0.15, 0.2) is 0 Å². The molecule has 0 aromatic heterocycles. The van der Waals surface area contributed by atoms with Crippen molar-refractivity contribution in [1.29, 1.82) is 0 Å². The SMILES string of the molecule is CC/C=C\CC(=O)OCC(O)COP(C)(=O)OC1C(O)C(O)C(O)C(O)C1O.CCCCCCCCCCCCCCCC(=O)OCC(O)COP(C)(=O)OC1C(O)C(O)C(O)C(O)C1O.CCCCCCCCCCCCCCCCCCC(=O)OCC(O)COP(C)(=O)OC1C(O)C(O)C(O)C(O)C1O. The maximum absolute atomic E-state index is 12.6. The Morgan fingerprint density at radius 1 is 0.290 bits per heavy atom. The number of carbonyl (C=O) groups is 3. The van der Waals surface area contributed by atoms with Crippen LogP contribution in [0, 0.1) is 0 Å². The Morgan fingerprint density at radius 2 is 0.486 bits per heavy atom. The Balaban J connectivity index is 0.000000817. The Labute approximate surface area is 632 Å². The lowest BCUT2D eigenvalue weighted by Gasteiger charge is -2.42. The highest BCUT2D eigenvalue weighted by Gasteiger charge is 2.53. The van der Waals surface area contributed by atoms with Crippen molar-refractivity contribution in [3.8, 4) is 0 Å². The van der Waals surface area contributed by atoms with Crippen molar-refractivity contribution < 1.29 is 161 Å². The molecule has 0 saturated heterocycles. The minimum absolute atomic E-state index is 0.0464. The minimum Gasteiger partial charge on any atom is -0.463 e. The van der Waals surface area contributed by atoms with Crippen LogP contribution in [-0.2, 0) is 69.4 Å². The zero-order chi connectivity index (χ0) is 80.7. The first kappa shape index (κ1) is 103. The van der Waals surface area contributed by atoms with Gasteiger partial charge in [0.1, 0.15) is 148 Å². The van der Waals surface area contributed by atoms with Crippen molar-refractivity contribution in [2.24, 2.45) is 0 Å². The summed E-state index contributed by atoms with van der Waals surface area (Å²) in [6, 6.07) is 0. The highest BCUT2D eigenvalue weighted by molar-refractivity contribution is 7.53. The molecule has 0 heterocycles. The minimum atomic E-state index is -3.98. The molecular weight excluding hydrogens is 1470 g/mol. The second kappa shape index (κ2) is 57.8. The maximum Gasteiger partial charge on any atom is 0.328 e. The molecule has 0 aliphatic heterocycles. The summed E-state index contributed by atoms with van der Waals surface area (Å²) in [5.41, 5.74) is 0. The van der Waals surface area contributed by atoms with Crippen LogP contribution in [0.15, 0.2) is 12.2 Å². The van der Waals surface area contributed by atoms with Gasteiger partial charge in [-0.1, -0.05) is 206 Å². The van der Waals surface area contributed by atoms with Crippen LogP contribution in [0.4, 0.5) is 0 Å². The van der Waals surface area contributed by atoms with Gasteiger partial charge in [-0.25, -0.2) is 0 Å². The molecule has 18 atom stereocenters. The molecule has 3 saturated carbocycles. The lowest BCUT2D eigenvalue weighted by Crippen LogP contribution is -2.64. The second-order valence-electron chi connectivity index (χ2n) is 28.4. The Morgan fingerprint density at radius 3 is 0.701 bits per heavy atom. The largest absolute Gasteiger partial charge is 0.463 e. The molecule has 0 spiro atoms. The molecule has 36 heteroatoms. The number of carbonyl (C=O) groups excluding carboxylic acids is 3. The first-order valence-electron chi connectivity index (χ1n) is 38.6. The Hall–Kier alpha value is -2.12. The van der Waals surface area contributed by atoms with E-state index in [0.717, 1.165) is 64.9 Å². The molecule has 3 aliphatic rings. The normalized spacial score (nSPS) is 29.2. The van der Waals surface area contributed by atoms with Crippen LogP contribution < -0.4 is 0 Å². The van der Waals surface area contributed by atoms with Gasteiger partial charge in [-0.15, -0.1) is 0 Å². The fourth-order valence-corrected chi connectivity index (χ4v) is 15.3. The van der Waals surface area contributed by atoms with E-state index in [0.29, 0.717) is 12.8 Å². The number of unbranched alkanes of at least 4 members (excludes halogenated alkanes) is 27. The summed E-state index contributed by atoms with van der Waals surface area (Å²) in [7, 11) is -11.9. The molecule has 18 unspecified atom stereocenters. The van der Waals surface area contributed by atoms with Crippen molar-refractivity contribution in [1.82, 2.24) is 0 Å². The lowest BCUT2D eigenvalue weighted by molar-refractivity contribution is -0.218. The number of rotatable bonds is 55. The van der Waals surface area contributed by atoms with E-state index in [2.05, 4.69) is 13.8 Å². The van der Waals surface area contributed by atoms with E-state index < -0.39 is 195 Å². The van der Waals surface area contributed by atoms with Crippen LogP contribution in [-0.4, -0.2) is 298 Å². The average molecular weight is 1610 g/mol. The first-order chi connectivity index (χ1) is 50.5. The van der Waals surface area contributed by atoms with Gasteiger partial charge in [0.05, 0.1) is 26.2 Å². The van der Waals surface area contributed by atoms with Gasteiger partial charge in [0.2, 0.25) is 0 Å². The first-order valence-corrected chi connectivity index (χ1v) is 44.5. The van der Waals surface area contributed by atoms with Crippen LogP contribution in [0.3, 0.4) is 0 Å². The molecule has 0 amide bonds. The molecule has 0 aromatic rings. The van der Waals surface area contributed by atoms with E-state index in [1.54, 1.807) is 12.2 Å². The van der Waals surface area contributed by atoms with E-state index in [1.165, 1.54) is 135 Å². The van der Waals surface area contributed by atoms with Gasteiger partial charge in [-0.2, -0.15) is 0 Å². The Bertz CT molecular complexity index is 2440. The van der Waals surface area contributed by atoms with E-state index in [1.807, 2.05) is 6.92 Å². The third kappa shape index (κ3) is 44.4. The summed E-state index contributed by atoms with van der Waals surface area (Å²) in [6.45, 7) is 6.69. The van der Waals surface area contributed by atoms with Crippen molar-refractivity contribution in [3.05, 3.63) is 12.2 Å². The smallest absolute Gasteiger partial charge is 0.328 e. The van der Waals surface area contributed by atoms with Crippen LogP contribution >= 0.6 is 22.8 Å². The highest BCUT2D eigenvalue weighted by Crippen LogP contribution is 2.50. The van der Waals surface area contributed by atoms with Crippen LogP contribution in [0.5, 0.6) is 0 Å². The molecule has 0 bridgehead atoms. The molecular formula is C71H137O33P3. The third-order valence-electron chi connectivity index (χ3n) is 18.4. The van der Waals surface area contributed by atoms with Crippen molar-refractivity contribution in [2.45, 2.75) is 361 Å². The monoisotopic (exact) mass is 1610 g/mol. The van der Waals surface area contributed by atoms with Crippen LogP contribution in [0.25, 0.3) is 0 Å². The topological polar surface area (TPSA) is 550 Å². The number of aliphatic hydroxyl groups is 18. The van der Waals surface area contributed by atoms with Gasteiger partial charge >= 0.3 is 40.7 Å². The fraction of sp³-hybridized carbons (Fsp3) is 0.930. The van der Waals surface area contributed by atoms with Gasteiger partial charge in [-0.05, 0) is 19.3 Å². The van der Waals surface area contributed by atoms with E-state index in [-0.39, 0.29) is 32.5 Å². The fourth-order valence-electron chi connectivity index (χ4n) is 11.7. The van der Waals surface area contributed by atoms with E-state index in [9.17, 15) is 120 Å². The van der Waals surface area contributed by atoms with Crippen molar-refractivity contribution in [3.63, 3.8) is 0 Å². The van der Waals surface area contributed by atoms with Crippen LogP contribution in [0.1, 0.15) is 233 Å². The molecule has 634 valence electrons. The third-order valence-corrected chi connectivity index (χ3v) is 22.1. The number of allylic oxidation sites excluding steroid dienone is 1. The predicted octanol–water partition coefficient (Wildman–Crippen LogP) is 4.29. The van der Waals surface area contributed by atoms with Gasteiger partial charge in [0.25, 0.3) is 0 Å². The van der Waals surface area contributed by atoms with E-state index >= 15 is 0 Å². The molecule has 3 fully saturated rings. The van der Waals surface area contributed by atoms with Gasteiger partial charge in [-0.3, -0.25) is 41.6 Å².